The van der Waals surface area contributed by atoms with E-state index >= 15 is 0 Å². The minimum Gasteiger partial charge on any atom is -0.378 e. The van der Waals surface area contributed by atoms with Crippen molar-refractivity contribution in [1.29, 1.82) is 0 Å². The number of fused-ring (bicyclic) bond motifs is 1. The Hall–Kier alpha value is -2.12. The van der Waals surface area contributed by atoms with E-state index in [1.165, 1.54) is 0 Å². The SMILES string of the molecule is CC[C@H](C)[C@H]1C(=O)Nc2ccccc2CN1C(=O)NC1CN(C2COC2)C1.[HH].[HH]. The first-order valence-corrected chi connectivity index (χ1v) is 9.84. The third-order valence-corrected chi connectivity index (χ3v) is 6.04. The minimum atomic E-state index is -0.474. The number of carbonyl (C=O) groups is 2. The number of amides is 3. The molecular formula is C20H32N4O3. The summed E-state index contributed by atoms with van der Waals surface area (Å²) in [7, 11) is 0. The number of hydrogen-bond acceptors (Lipinski definition) is 4. The quantitative estimate of drug-likeness (QED) is 0.844. The Morgan fingerprint density at radius 2 is 2.11 bits per heavy atom. The van der Waals surface area contributed by atoms with Gasteiger partial charge in [-0.25, -0.2) is 4.79 Å². The number of likely N-dealkylation sites (tertiary alicyclic amines) is 1. The van der Waals surface area contributed by atoms with Crippen molar-refractivity contribution in [2.24, 2.45) is 5.92 Å². The first-order chi connectivity index (χ1) is 13.1. The van der Waals surface area contributed by atoms with Crippen LogP contribution in [0.2, 0.25) is 0 Å². The smallest absolute Gasteiger partial charge is 0.318 e. The molecule has 7 nitrogen and oxygen atoms in total. The van der Waals surface area contributed by atoms with Crippen molar-refractivity contribution >= 4 is 17.6 Å². The van der Waals surface area contributed by atoms with Crippen LogP contribution in [-0.4, -0.2) is 66.2 Å². The number of anilines is 1. The number of urea groups is 1. The van der Waals surface area contributed by atoms with Gasteiger partial charge in [-0.05, 0) is 17.5 Å². The molecule has 2 atom stereocenters. The van der Waals surface area contributed by atoms with Crippen molar-refractivity contribution in [3.05, 3.63) is 29.8 Å². The fraction of sp³-hybridized carbons (Fsp3) is 0.600. The second-order valence-corrected chi connectivity index (χ2v) is 7.90. The maximum atomic E-state index is 13.1. The van der Waals surface area contributed by atoms with Gasteiger partial charge >= 0.3 is 6.03 Å². The van der Waals surface area contributed by atoms with Crippen molar-refractivity contribution in [2.75, 3.05) is 31.6 Å². The average Bonchev–Trinajstić information content (AvgIpc) is 2.73. The van der Waals surface area contributed by atoms with Crippen molar-refractivity contribution in [3.63, 3.8) is 0 Å². The van der Waals surface area contributed by atoms with Crippen molar-refractivity contribution < 1.29 is 17.2 Å². The number of para-hydroxylation sites is 1. The van der Waals surface area contributed by atoms with Crippen LogP contribution >= 0.6 is 0 Å². The van der Waals surface area contributed by atoms with Crippen LogP contribution in [0.3, 0.4) is 0 Å². The van der Waals surface area contributed by atoms with E-state index in [4.69, 9.17) is 4.74 Å². The molecule has 1 aromatic carbocycles. The van der Waals surface area contributed by atoms with Gasteiger partial charge < -0.3 is 20.3 Å². The minimum absolute atomic E-state index is 0. The van der Waals surface area contributed by atoms with Crippen LogP contribution < -0.4 is 10.6 Å². The molecule has 0 radical (unpaired) electrons. The van der Waals surface area contributed by atoms with Gasteiger partial charge in [-0.3, -0.25) is 9.69 Å². The average molecular weight is 377 g/mol. The molecule has 3 aliphatic heterocycles. The summed E-state index contributed by atoms with van der Waals surface area (Å²) >= 11 is 0. The maximum Gasteiger partial charge on any atom is 0.318 e. The van der Waals surface area contributed by atoms with Crippen molar-refractivity contribution in [1.82, 2.24) is 15.1 Å². The number of ether oxygens (including phenoxy) is 1. The lowest BCUT2D eigenvalue weighted by Gasteiger charge is -2.48. The summed E-state index contributed by atoms with van der Waals surface area (Å²) in [5.74, 6) is -0.0265. The lowest BCUT2D eigenvalue weighted by molar-refractivity contribution is -0.122. The number of nitrogens with zero attached hydrogens (tertiary/aromatic N) is 2. The Labute approximate surface area is 163 Å². The second kappa shape index (κ2) is 7.48. The molecule has 1 aromatic rings. The highest BCUT2D eigenvalue weighted by atomic mass is 16.5. The molecule has 27 heavy (non-hydrogen) atoms. The van der Waals surface area contributed by atoms with Gasteiger partial charge in [0.05, 0.1) is 31.8 Å². The Balaban J connectivity index is 0.00000150. The Kier molecular flexibility index (Phi) is 5.06. The molecule has 2 saturated heterocycles. The summed E-state index contributed by atoms with van der Waals surface area (Å²) < 4.78 is 5.23. The maximum absolute atomic E-state index is 13.1. The van der Waals surface area contributed by atoms with Crippen LogP contribution in [-0.2, 0) is 16.1 Å². The van der Waals surface area contributed by atoms with Gasteiger partial charge in [-0.2, -0.15) is 0 Å². The summed E-state index contributed by atoms with van der Waals surface area (Å²) in [6.07, 6.45) is 0.830. The summed E-state index contributed by atoms with van der Waals surface area (Å²) in [5.41, 5.74) is 1.76. The van der Waals surface area contributed by atoms with Crippen molar-refractivity contribution in [2.45, 2.75) is 44.9 Å². The zero-order chi connectivity index (χ0) is 19.0. The third kappa shape index (κ3) is 3.53. The topological polar surface area (TPSA) is 73.9 Å². The zero-order valence-corrected chi connectivity index (χ0v) is 16.0. The molecule has 0 unspecified atom stereocenters. The van der Waals surface area contributed by atoms with Crippen LogP contribution in [0.1, 0.15) is 28.7 Å². The number of carbonyl (C=O) groups excluding carboxylic acids is 2. The van der Waals surface area contributed by atoms with Crippen LogP contribution in [0, 0.1) is 5.92 Å². The van der Waals surface area contributed by atoms with E-state index in [0.29, 0.717) is 12.6 Å². The van der Waals surface area contributed by atoms with Gasteiger partial charge in [-0.1, -0.05) is 38.5 Å². The van der Waals surface area contributed by atoms with E-state index in [-0.39, 0.29) is 26.8 Å². The molecule has 0 aromatic heterocycles. The van der Waals surface area contributed by atoms with Crippen LogP contribution in [0.25, 0.3) is 0 Å². The molecule has 0 aliphatic carbocycles. The standard InChI is InChI=1S/C20H28N4O3.2H2/c1-3-13(2)18-19(25)22-17-7-5-4-6-14(17)8-24(18)20(26)21-15-9-23(10-15)16-11-27-12-16;;/h4-7,13,15-16,18H,3,8-12H2,1-2H3,(H,21,26)(H,22,25);2*1H/t13-,18-;;/m0../s1. The third-order valence-electron chi connectivity index (χ3n) is 6.04. The number of rotatable bonds is 4. The highest BCUT2D eigenvalue weighted by Gasteiger charge is 2.40. The van der Waals surface area contributed by atoms with Crippen LogP contribution in [0.15, 0.2) is 24.3 Å². The van der Waals surface area contributed by atoms with Gasteiger partial charge in [0, 0.05) is 21.6 Å². The molecule has 3 aliphatic rings. The lowest BCUT2D eigenvalue weighted by Crippen LogP contribution is -2.67. The second-order valence-electron chi connectivity index (χ2n) is 7.90. The molecular weight excluding hydrogens is 344 g/mol. The van der Waals surface area contributed by atoms with E-state index in [0.717, 1.165) is 44.0 Å². The molecule has 3 amide bonds. The van der Waals surface area contributed by atoms with E-state index in [1.54, 1.807) is 4.90 Å². The molecule has 150 valence electrons. The summed E-state index contributed by atoms with van der Waals surface area (Å²) in [4.78, 5) is 30.0. The van der Waals surface area contributed by atoms with Gasteiger partial charge in [0.15, 0.2) is 0 Å². The highest BCUT2D eigenvalue weighted by molar-refractivity contribution is 5.98. The van der Waals surface area contributed by atoms with Gasteiger partial charge in [-0.15, -0.1) is 0 Å². The summed E-state index contributed by atoms with van der Waals surface area (Å²) in [5, 5.41) is 6.14. The van der Waals surface area contributed by atoms with Crippen LogP contribution in [0.4, 0.5) is 10.5 Å². The summed E-state index contributed by atoms with van der Waals surface area (Å²) in [6.45, 7) is 7.80. The molecule has 2 N–H and O–H groups in total. The van der Waals surface area contributed by atoms with Crippen molar-refractivity contribution in [3.8, 4) is 0 Å². The molecule has 0 bridgehead atoms. The number of nitrogens with one attached hydrogen (secondary N) is 2. The number of hydrogen-bond donors (Lipinski definition) is 2. The fourth-order valence-corrected chi connectivity index (χ4v) is 3.99. The first-order valence-electron chi connectivity index (χ1n) is 9.84. The Morgan fingerprint density at radius 1 is 1.37 bits per heavy atom. The van der Waals surface area contributed by atoms with Gasteiger partial charge in [0.2, 0.25) is 5.91 Å². The number of benzene rings is 1. The van der Waals surface area contributed by atoms with Crippen LogP contribution in [0.5, 0.6) is 0 Å². The van der Waals surface area contributed by atoms with Gasteiger partial charge in [0.1, 0.15) is 6.04 Å². The molecule has 4 rings (SSSR count). The summed E-state index contributed by atoms with van der Waals surface area (Å²) in [6, 6.07) is 7.72. The Morgan fingerprint density at radius 3 is 2.78 bits per heavy atom. The highest BCUT2D eigenvalue weighted by Crippen LogP contribution is 2.27. The zero-order valence-electron chi connectivity index (χ0n) is 16.0. The fourth-order valence-electron chi connectivity index (χ4n) is 3.99. The van der Waals surface area contributed by atoms with E-state index in [1.807, 2.05) is 31.2 Å². The lowest BCUT2D eigenvalue weighted by atomic mass is 9.97. The first kappa shape index (κ1) is 18.3. The van der Waals surface area contributed by atoms with E-state index in [2.05, 4.69) is 22.5 Å². The molecule has 2 fully saturated rings. The predicted molar refractivity (Wildman–Crippen MR) is 107 cm³/mol. The molecule has 0 saturated carbocycles. The van der Waals surface area contributed by atoms with E-state index < -0.39 is 6.04 Å². The monoisotopic (exact) mass is 376 g/mol. The normalized spacial score (nSPS) is 24.9. The molecule has 7 heteroatoms. The Bertz CT molecular complexity index is 725. The molecule has 0 spiro atoms. The molecule has 3 heterocycles. The van der Waals surface area contributed by atoms with E-state index in [9.17, 15) is 9.59 Å². The largest absolute Gasteiger partial charge is 0.378 e. The van der Waals surface area contributed by atoms with Gasteiger partial charge in [0.25, 0.3) is 0 Å². The predicted octanol–water partition coefficient (Wildman–Crippen LogP) is 2.14.